The predicted octanol–water partition coefficient (Wildman–Crippen LogP) is 2.97. The van der Waals surface area contributed by atoms with E-state index in [9.17, 15) is 4.79 Å². The average molecular weight is 271 g/mol. The quantitative estimate of drug-likeness (QED) is 0.901. The lowest BCUT2D eigenvalue weighted by molar-refractivity contribution is 0.0946. The minimum Gasteiger partial charge on any atom is -0.350 e. The fraction of sp³-hybridized carbons (Fsp3) is 0.500. The average Bonchev–Trinajstić information content (AvgIpc) is 2.74. The molecule has 1 aromatic carbocycles. The molecule has 3 rings (SSSR count). The van der Waals surface area contributed by atoms with Crippen LogP contribution in [0.4, 0.5) is 0 Å². The van der Waals surface area contributed by atoms with Gasteiger partial charge in [0.05, 0.1) is 5.52 Å². The van der Waals surface area contributed by atoms with Crippen LogP contribution < -0.4 is 5.32 Å². The van der Waals surface area contributed by atoms with Crippen molar-refractivity contribution in [2.45, 2.75) is 27.7 Å². The standard InChI is InChI=1S/C16H21N3O/c1-15(2)12(16(15,3)4)9-17-14(20)13-10-7-5-6-8-11(10)18-19-13/h5-8,12H,9H2,1-4H3,(H,17,20)(H,18,19). The summed E-state index contributed by atoms with van der Waals surface area (Å²) in [6.45, 7) is 9.74. The van der Waals surface area contributed by atoms with Crippen LogP contribution in [-0.2, 0) is 0 Å². The number of para-hydroxylation sites is 1. The monoisotopic (exact) mass is 271 g/mol. The zero-order valence-corrected chi connectivity index (χ0v) is 12.4. The molecule has 1 fully saturated rings. The molecule has 0 spiro atoms. The van der Waals surface area contributed by atoms with E-state index in [1.165, 1.54) is 0 Å². The summed E-state index contributed by atoms with van der Waals surface area (Å²) < 4.78 is 0. The Morgan fingerprint density at radius 2 is 1.90 bits per heavy atom. The predicted molar refractivity (Wildman–Crippen MR) is 79.5 cm³/mol. The number of aromatic nitrogens is 2. The van der Waals surface area contributed by atoms with E-state index in [4.69, 9.17) is 0 Å². The Morgan fingerprint density at radius 3 is 2.55 bits per heavy atom. The van der Waals surface area contributed by atoms with Gasteiger partial charge >= 0.3 is 0 Å². The van der Waals surface area contributed by atoms with Crippen LogP contribution >= 0.6 is 0 Å². The molecule has 0 radical (unpaired) electrons. The van der Waals surface area contributed by atoms with Crippen LogP contribution in [0, 0.1) is 16.7 Å². The molecule has 0 aliphatic heterocycles. The highest BCUT2D eigenvalue weighted by Gasteiger charge is 2.64. The number of benzene rings is 1. The molecular weight excluding hydrogens is 250 g/mol. The minimum absolute atomic E-state index is 0.0963. The maximum Gasteiger partial charge on any atom is 0.272 e. The molecule has 0 bridgehead atoms. The Balaban J connectivity index is 1.72. The normalized spacial score (nSPS) is 20.0. The summed E-state index contributed by atoms with van der Waals surface area (Å²) in [7, 11) is 0. The third-order valence-electron chi connectivity index (χ3n) is 5.47. The number of aromatic amines is 1. The van der Waals surface area contributed by atoms with Gasteiger partial charge in [0.1, 0.15) is 0 Å². The fourth-order valence-electron chi connectivity index (χ4n) is 3.26. The molecule has 106 valence electrons. The van der Waals surface area contributed by atoms with E-state index < -0.39 is 0 Å². The molecule has 1 saturated carbocycles. The molecule has 1 aliphatic carbocycles. The molecule has 1 aliphatic rings. The van der Waals surface area contributed by atoms with Gasteiger partial charge in [-0.2, -0.15) is 5.10 Å². The van der Waals surface area contributed by atoms with Gasteiger partial charge in [-0.05, 0) is 22.8 Å². The Bertz CT molecular complexity index is 655. The van der Waals surface area contributed by atoms with E-state index in [-0.39, 0.29) is 16.7 Å². The first-order valence-corrected chi connectivity index (χ1v) is 7.07. The molecule has 1 aromatic heterocycles. The second-order valence-corrected chi connectivity index (χ2v) is 6.82. The third kappa shape index (κ3) is 1.74. The maximum absolute atomic E-state index is 12.3. The molecule has 20 heavy (non-hydrogen) atoms. The Hall–Kier alpha value is -1.84. The molecule has 1 amide bonds. The van der Waals surface area contributed by atoms with Crippen molar-refractivity contribution in [2.75, 3.05) is 6.54 Å². The fourth-order valence-corrected chi connectivity index (χ4v) is 3.26. The van der Waals surface area contributed by atoms with Crippen LogP contribution in [0.15, 0.2) is 24.3 Å². The SMILES string of the molecule is CC1(C)C(CNC(=O)c2n[nH]c3ccccc23)C1(C)C. The second kappa shape index (κ2) is 4.08. The molecule has 0 unspecified atom stereocenters. The lowest BCUT2D eigenvalue weighted by Gasteiger charge is -2.04. The number of rotatable bonds is 3. The number of carbonyl (C=O) groups is 1. The van der Waals surface area contributed by atoms with Crippen LogP contribution in [-0.4, -0.2) is 22.6 Å². The van der Waals surface area contributed by atoms with Gasteiger partial charge in [0.15, 0.2) is 5.69 Å². The van der Waals surface area contributed by atoms with Gasteiger partial charge in [-0.25, -0.2) is 0 Å². The van der Waals surface area contributed by atoms with E-state index in [0.29, 0.717) is 18.2 Å². The van der Waals surface area contributed by atoms with Crippen molar-refractivity contribution in [1.82, 2.24) is 15.5 Å². The van der Waals surface area contributed by atoms with Crippen molar-refractivity contribution >= 4 is 16.8 Å². The summed E-state index contributed by atoms with van der Waals surface area (Å²) >= 11 is 0. The van der Waals surface area contributed by atoms with Crippen LogP contribution in [0.25, 0.3) is 10.9 Å². The first-order valence-electron chi connectivity index (χ1n) is 7.07. The van der Waals surface area contributed by atoms with Gasteiger partial charge in [0.2, 0.25) is 0 Å². The lowest BCUT2D eigenvalue weighted by atomic mass is 10.0. The van der Waals surface area contributed by atoms with E-state index in [1.54, 1.807) is 0 Å². The Kier molecular flexibility index (Phi) is 2.68. The van der Waals surface area contributed by atoms with Gasteiger partial charge in [0, 0.05) is 11.9 Å². The number of hydrogen-bond acceptors (Lipinski definition) is 2. The van der Waals surface area contributed by atoms with E-state index >= 15 is 0 Å². The van der Waals surface area contributed by atoms with Crippen molar-refractivity contribution in [3.8, 4) is 0 Å². The zero-order chi connectivity index (χ0) is 14.5. The first-order chi connectivity index (χ1) is 9.35. The van der Waals surface area contributed by atoms with Gasteiger partial charge in [-0.1, -0.05) is 45.9 Å². The Labute approximate surface area is 119 Å². The van der Waals surface area contributed by atoms with Crippen molar-refractivity contribution in [3.63, 3.8) is 0 Å². The summed E-state index contributed by atoms with van der Waals surface area (Å²) in [5.74, 6) is 0.421. The van der Waals surface area contributed by atoms with Crippen LogP contribution in [0.3, 0.4) is 0 Å². The summed E-state index contributed by atoms with van der Waals surface area (Å²) in [4.78, 5) is 12.3. The van der Waals surface area contributed by atoms with Crippen LogP contribution in [0.1, 0.15) is 38.2 Å². The number of amides is 1. The maximum atomic E-state index is 12.3. The van der Waals surface area contributed by atoms with Crippen molar-refractivity contribution in [1.29, 1.82) is 0 Å². The third-order valence-corrected chi connectivity index (χ3v) is 5.47. The molecular formula is C16H21N3O. The van der Waals surface area contributed by atoms with Crippen molar-refractivity contribution < 1.29 is 4.79 Å². The minimum atomic E-state index is -0.0963. The van der Waals surface area contributed by atoms with Gasteiger partial charge < -0.3 is 5.32 Å². The van der Waals surface area contributed by atoms with Gasteiger partial charge in [0.25, 0.3) is 5.91 Å². The summed E-state index contributed by atoms with van der Waals surface area (Å²) in [5, 5.41) is 10.9. The van der Waals surface area contributed by atoms with Crippen molar-refractivity contribution in [3.05, 3.63) is 30.0 Å². The smallest absolute Gasteiger partial charge is 0.272 e. The number of fused-ring (bicyclic) bond motifs is 1. The van der Waals surface area contributed by atoms with E-state index in [1.807, 2.05) is 24.3 Å². The molecule has 2 N–H and O–H groups in total. The van der Waals surface area contributed by atoms with Crippen molar-refractivity contribution in [2.24, 2.45) is 16.7 Å². The van der Waals surface area contributed by atoms with Gasteiger partial charge in [-0.15, -0.1) is 0 Å². The summed E-state index contributed by atoms with van der Waals surface area (Å²) in [6.07, 6.45) is 0. The largest absolute Gasteiger partial charge is 0.350 e. The van der Waals surface area contributed by atoms with Crippen LogP contribution in [0.5, 0.6) is 0 Å². The molecule has 0 atom stereocenters. The molecule has 2 aromatic rings. The molecule has 4 heteroatoms. The number of carbonyl (C=O) groups excluding carboxylic acids is 1. The van der Waals surface area contributed by atoms with Crippen LogP contribution in [0.2, 0.25) is 0 Å². The highest BCUT2D eigenvalue weighted by atomic mass is 16.1. The molecule has 0 saturated heterocycles. The van der Waals surface area contributed by atoms with E-state index in [0.717, 1.165) is 10.9 Å². The topological polar surface area (TPSA) is 57.8 Å². The summed E-state index contributed by atoms with van der Waals surface area (Å²) in [6, 6.07) is 7.68. The van der Waals surface area contributed by atoms with Gasteiger partial charge in [-0.3, -0.25) is 9.89 Å². The molecule has 4 nitrogen and oxygen atoms in total. The lowest BCUT2D eigenvalue weighted by Crippen LogP contribution is -2.27. The summed E-state index contributed by atoms with van der Waals surface area (Å²) in [5.41, 5.74) is 1.95. The highest BCUT2D eigenvalue weighted by molar-refractivity contribution is 6.04. The highest BCUT2D eigenvalue weighted by Crippen LogP contribution is 2.67. The molecule has 1 heterocycles. The number of nitrogens with one attached hydrogen (secondary N) is 2. The Morgan fingerprint density at radius 1 is 1.25 bits per heavy atom. The first kappa shape index (κ1) is 13.2. The number of nitrogens with zero attached hydrogens (tertiary/aromatic N) is 1. The zero-order valence-electron chi connectivity index (χ0n) is 12.4. The number of H-pyrrole nitrogens is 1. The second-order valence-electron chi connectivity index (χ2n) is 6.82. The van der Waals surface area contributed by atoms with E-state index in [2.05, 4.69) is 43.2 Å². The number of hydrogen-bond donors (Lipinski definition) is 2.